The van der Waals surface area contributed by atoms with E-state index in [4.69, 9.17) is 11.6 Å². The van der Waals surface area contributed by atoms with Gasteiger partial charge in [-0.25, -0.2) is 8.42 Å². The topological polar surface area (TPSA) is 57.6 Å². The number of alkyl halides is 1. The van der Waals surface area contributed by atoms with Crippen LogP contribution in [0.1, 0.15) is 13.3 Å². The van der Waals surface area contributed by atoms with Gasteiger partial charge in [-0.05, 0) is 12.3 Å². The smallest absolute Gasteiger partial charge is 0.214 e. The minimum Gasteiger partial charge on any atom is -0.392 e. The molecule has 4 nitrogen and oxygen atoms in total. The Bertz CT molecular complexity index is 280. The van der Waals surface area contributed by atoms with Gasteiger partial charge >= 0.3 is 0 Å². The highest BCUT2D eigenvalue weighted by Crippen LogP contribution is 2.16. The van der Waals surface area contributed by atoms with Gasteiger partial charge in [-0.1, -0.05) is 6.92 Å². The summed E-state index contributed by atoms with van der Waals surface area (Å²) in [6.07, 6.45) is 0.0326. The van der Waals surface area contributed by atoms with Crippen LogP contribution in [0.3, 0.4) is 0 Å². The van der Waals surface area contributed by atoms with Crippen LogP contribution in [0.25, 0.3) is 0 Å². The monoisotopic (exact) mass is 241 g/mol. The highest BCUT2D eigenvalue weighted by molar-refractivity contribution is 7.89. The Hall–Kier alpha value is 0.160. The van der Waals surface area contributed by atoms with Gasteiger partial charge in [-0.15, -0.1) is 11.6 Å². The highest BCUT2D eigenvalue weighted by Gasteiger charge is 2.30. The Kier molecular flexibility index (Phi) is 4.18. The minimum atomic E-state index is -3.22. The maximum atomic E-state index is 11.7. The van der Waals surface area contributed by atoms with Crippen molar-refractivity contribution in [2.24, 2.45) is 5.92 Å². The Morgan fingerprint density at radius 1 is 1.64 bits per heavy atom. The van der Waals surface area contributed by atoms with Crippen molar-refractivity contribution in [3.05, 3.63) is 0 Å². The molecule has 1 aliphatic heterocycles. The number of β-amino-alcohol motifs (C(OH)–C–C–N with tert-alkyl or cyclic N) is 1. The Morgan fingerprint density at radius 2 is 2.29 bits per heavy atom. The van der Waals surface area contributed by atoms with Crippen LogP contribution < -0.4 is 0 Å². The van der Waals surface area contributed by atoms with Gasteiger partial charge in [-0.2, -0.15) is 4.31 Å². The molecule has 6 heteroatoms. The third-order valence-corrected chi connectivity index (χ3v) is 4.91. The molecule has 0 bridgehead atoms. The first-order chi connectivity index (χ1) is 6.45. The summed E-state index contributed by atoms with van der Waals surface area (Å²) in [5.74, 6) is 0.373. The predicted octanol–water partition coefficient (Wildman–Crippen LogP) is 0.258. The summed E-state index contributed by atoms with van der Waals surface area (Å²) in [5.41, 5.74) is 0. The fourth-order valence-electron chi connectivity index (χ4n) is 1.47. The Labute approximate surface area is 89.9 Å². The fourth-order valence-corrected chi connectivity index (χ4v) is 3.54. The maximum Gasteiger partial charge on any atom is 0.214 e. The van der Waals surface area contributed by atoms with Gasteiger partial charge in [0.05, 0.1) is 11.9 Å². The summed E-state index contributed by atoms with van der Waals surface area (Å²) < 4.78 is 24.8. The predicted molar refractivity (Wildman–Crippen MR) is 55.9 cm³/mol. The van der Waals surface area contributed by atoms with Gasteiger partial charge in [0.15, 0.2) is 0 Å². The van der Waals surface area contributed by atoms with E-state index in [1.165, 1.54) is 4.31 Å². The number of nitrogens with zero attached hydrogens (tertiary/aromatic N) is 1. The van der Waals surface area contributed by atoms with Gasteiger partial charge in [0.25, 0.3) is 0 Å². The first-order valence-electron chi connectivity index (χ1n) is 4.67. The van der Waals surface area contributed by atoms with Crippen molar-refractivity contribution >= 4 is 21.6 Å². The number of aliphatic hydroxyl groups excluding tert-OH is 1. The largest absolute Gasteiger partial charge is 0.392 e. The van der Waals surface area contributed by atoms with Crippen molar-refractivity contribution in [1.82, 2.24) is 4.31 Å². The summed E-state index contributed by atoms with van der Waals surface area (Å²) in [7, 11) is -3.22. The van der Waals surface area contributed by atoms with E-state index in [9.17, 15) is 13.5 Å². The quantitative estimate of drug-likeness (QED) is 0.719. The molecule has 2 atom stereocenters. The molecule has 1 fully saturated rings. The molecule has 1 saturated heterocycles. The van der Waals surface area contributed by atoms with Crippen LogP contribution in [-0.2, 0) is 10.0 Å². The summed E-state index contributed by atoms with van der Waals surface area (Å²) >= 11 is 5.56. The van der Waals surface area contributed by atoms with Gasteiger partial charge in [0.1, 0.15) is 0 Å². The number of halogens is 1. The van der Waals surface area contributed by atoms with E-state index in [2.05, 4.69) is 0 Å². The van der Waals surface area contributed by atoms with Crippen molar-refractivity contribution < 1.29 is 13.5 Å². The molecule has 0 spiro atoms. The lowest BCUT2D eigenvalue weighted by Gasteiger charge is -2.17. The molecule has 0 aliphatic carbocycles. The van der Waals surface area contributed by atoms with Crippen molar-refractivity contribution in [1.29, 1.82) is 0 Å². The normalized spacial score (nSPS) is 26.6. The molecule has 1 N–H and O–H groups in total. The Morgan fingerprint density at radius 3 is 2.71 bits per heavy atom. The van der Waals surface area contributed by atoms with Crippen LogP contribution in [0, 0.1) is 5.92 Å². The molecule has 1 aliphatic rings. The standard InChI is InChI=1S/C8H16ClNO3S/c1-7(4-9)6-14(12,13)10-3-2-8(11)5-10/h7-8,11H,2-6H2,1H3/t7?,8-/m1/s1. The van der Waals surface area contributed by atoms with E-state index in [0.717, 1.165) is 0 Å². The number of aliphatic hydroxyl groups is 1. The molecule has 14 heavy (non-hydrogen) atoms. The van der Waals surface area contributed by atoms with Crippen molar-refractivity contribution in [2.45, 2.75) is 19.4 Å². The first-order valence-corrected chi connectivity index (χ1v) is 6.82. The fraction of sp³-hybridized carbons (Fsp3) is 1.00. The maximum absolute atomic E-state index is 11.7. The van der Waals surface area contributed by atoms with E-state index >= 15 is 0 Å². The zero-order valence-electron chi connectivity index (χ0n) is 8.19. The lowest BCUT2D eigenvalue weighted by Crippen LogP contribution is -2.34. The van der Waals surface area contributed by atoms with Crippen LogP contribution in [-0.4, -0.2) is 48.7 Å². The molecule has 84 valence electrons. The molecule has 0 aromatic carbocycles. The second kappa shape index (κ2) is 4.79. The summed E-state index contributed by atoms with van der Waals surface area (Å²) in [6.45, 7) is 2.47. The van der Waals surface area contributed by atoms with Gasteiger partial charge in [0, 0.05) is 19.0 Å². The average Bonchev–Trinajstić information content (AvgIpc) is 2.51. The van der Waals surface area contributed by atoms with E-state index in [1.54, 1.807) is 6.92 Å². The van der Waals surface area contributed by atoms with E-state index in [1.807, 2.05) is 0 Å². The van der Waals surface area contributed by atoms with Crippen LogP contribution >= 0.6 is 11.6 Å². The number of sulfonamides is 1. The second-order valence-corrected chi connectivity index (χ2v) is 6.16. The molecule has 0 amide bonds. The van der Waals surface area contributed by atoms with Crippen molar-refractivity contribution in [3.63, 3.8) is 0 Å². The van der Waals surface area contributed by atoms with Crippen molar-refractivity contribution in [3.8, 4) is 0 Å². The molecule has 1 rings (SSSR count). The summed E-state index contributed by atoms with van der Waals surface area (Å²) in [5, 5.41) is 9.22. The highest BCUT2D eigenvalue weighted by atomic mass is 35.5. The lowest BCUT2D eigenvalue weighted by atomic mass is 10.3. The van der Waals surface area contributed by atoms with Gasteiger partial charge in [-0.3, -0.25) is 0 Å². The molecule has 0 aromatic heterocycles. The third-order valence-electron chi connectivity index (χ3n) is 2.28. The molecule has 0 aromatic rings. The molecule has 0 radical (unpaired) electrons. The third kappa shape index (κ3) is 3.08. The van der Waals surface area contributed by atoms with Crippen molar-refractivity contribution in [2.75, 3.05) is 24.7 Å². The molecule has 1 heterocycles. The molecular formula is C8H16ClNO3S. The number of hydrogen-bond acceptors (Lipinski definition) is 3. The van der Waals surface area contributed by atoms with E-state index < -0.39 is 16.1 Å². The zero-order valence-corrected chi connectivity index (χ0v) is 9.76. The average molecular weight is 242 g/mol. The van der Waals surface area contributed by atoms with Gasteiger partial charge < -0.3 is 5.11 Å². The minimum absolute atomic E-state index is 0.0422. The molecular weight excluding hydrogens is 226 g/mol. The van der Waals surface area contributed by atoms with Gasteiger partial charge in [0.2, 0.25) is 10.0 Å². The van der Waals surface area contributed by atoms with E-state index in [-0.39, 0.29) is 18.2 Å². The zero-order chi connectivity index (χ0) is 10.8. The van der Waals surface area contributed by atoms with Crippen LogP contribution in [0.4, 0.5) is 0 Å². The van der Waals surface area contributed by atoms with Crippen LogP contribution in [0.5, 0.6) is 0 Å². The molecule has 1 unspecified atom stereocenters. The Balaban J connectivity index is 2.57. The molecule has 0 saturated carbocycles. The summed E-state index contributed by atoms with van der Waals surface area (Å²) in [4.78, 5) is 0. The van der Waals surface area contributed by atoms with E-state index in [0.29, 0.717) is 18.8 Å². The number of hydrogen-bond donors (Lipinski definition) is 1. The second-order valence-electron chi connectivity index (χ2n) is 3.84. The van der Waals surface area contributed by atoms with Crippen LogP contribution in [0.15, 0.2) is 0 Å². The summed E-state index contributed by atoms with van der Waals surface area (Å²) in [6, 6.07) is 0. The lowest BCUT2D eigenvalue weighted by molar-refractivity contribution is 0.189. The van der Waals surface area contributed by atoms with Crippen LogP contribution in [0.2, 0.25) is 0 Å². The first kappa shape index (κ1) is 12.2. The number of rotatable bonds is 4. The SMILES string of the molecule is CC(CCl)CS(=O)(=O)N1CC[C@@H](O)C1.